The third kappa shape index (κ3) is 3.67. The van der Waals surface area contributed by atoms with Gasteiger partial charge in [-0.2, -0.15) is 11.3 Å². The van der Waals surface area contributed by atoms with Gasteiger partial charge in [0.15, 0.2) is 0 Å². The Morgan fingerprint density at radius 2 is 1.91 bits per heavy atom. The Bertz CT molecular complexity index is 795. The number of hydrogen-bond donors (Lipinski definition) is 2. The van der Waals surface area contributed by atoms with E-state index in [1.165, 1.54) is 11.3 Å². The van der Waals surface area contributed by atoms with Crippen LogP contribution < -0.4 is 10.6 Å². The van der Waals surface area contributed by atoms with Crippen molar-refractivity contribution in [1.29, 1.82) is 0 Å². The van der Waals surface area contributed by atoms with Gasteiger partial charge in [0, 0.05) is 5.38 Å². The highest BCUT2D eigenvalue weighted by atomic mass is 32.1. The minimum Gasteiger partial charge on any atom is -0.467 e. The highest BCUT2D eigenvalue weighted by Crippen LogP contribution is 2.17. The molecule has 23 heavy (non-hydrogen) atoms. The second kappa shape index (κ2) is 6.93. The summed E-state index contributed by atoms with van der Waals surface area (Å²) in [5, 5.41) is 9.13. The smallest absolute Gasteiger partial charge is 0.256 e. The SMILES string of the molecule is O=C(Nc1ccccc1C(=O)NCc1ccco1)c1ccsc1. The van der Waals surface area contributed by atoms with Gasteiger partial charge in [-0.3, -0.25) is 9.59 Å². The topological polar surface area (TPSA) is 71.3 Å². The number of carbonyl (C=O) groups is 2. The molecule has 0 fully saturated rings. The van der Waals surface area contributed by atoms with Gasteiger partial charge < -0.3 is 15.1 Å². The van der Waals surface area contributed by atoms with Crippen molar-refractivity contribution in [3.05, 3.63) is 76.4 Å². The number of nitrogens with one attached hydrogen (secondary N) is 2. The minimum atomic E-state index is -0.275. The number of hydrogen-bond acceptors (Lipinski definition) is 4. The summed E-state index contributed by atoms with van der Waals surface area (Å²) in [6.07, 6.45) is 1.55. The number of rotatable bonds is 5. The van der Waals surface area contributed by atoms with E-state index in [0.29, 0.717) is 29.1 Å². The first kappa shape index (κ1) is 15.1. The number of amides is 2. The average Bonchev–Trinajstić information content (AvgIpc) is 3.26. The first-order valence-electron chi connectivity index (χ1n) is 6.97. The summed E-state index contributed by atoms with van der Waals surface area (Å²) < 4.78 is 5.18. The quantitative estimate of drug-likeness (QED) is 0.753. The van der Waals surface area contributed by atoms with Crippen LogP contribution in [0.25, 0.3) is 0 Å². The van der Waals surface area contributed by atoms with Crippen LogP contribution in [0.2, 0.25) is 0 Å². The fraction of sp³-hybridized carbons (Fsp3) is 0.0588. The fourth-order valence-electron chi connectivity index (χ4n) is 2.05. The molecule has 0 aliphatic heterocycles. The molecule has 0 saturated carbocycles. The summed E-state index contributed by atoms with van der Waals surface area (Å²) in [5.41, 5.74) is 1.45. The van der Waals surface area contributed by atoms with E-state index >= 15 is 0 Å². The summed E-state index contributed by atoms with van der Waals surface area (Å²) in [5.74, 6) is 0.151. The molecule has 0 radical (unpaired) electrons. The Labute approximate surface area is 136 Å². The van der Waals surface area contributed by atoms with Crippen molar-refractivity contribution in [3.63, 3.8) is 0 Å². The summed E-state index contributed by atoms with van der Waals surface area (Å²) in [7, 11) is 0. The standard InChI is InChI=1S/C17H14N2O3S/c20-16(12-7-9-23-11-12)19-15-6-2-1-5-14(15)17(21)18-10-13-4-3-8-22-13/h1-9,11H,10H2,(H,18,21)(H,19,20). The molecule has 0 atom stereocenters. The van der Waals surface area contributed by atoms with Crippen LogP contribution in [0.1, 0.15) is 26.5 Å². The third-order valence-electron chi connectivity index (χ3n) is 3.21. The molecular formula is C17H14N2O3S. The predicted molar refractivity (Wildman–Crippen MR) is 88.6 cm³/mol. The fourth-order valence-corrected chi connectivity index (χ4v) is 2.69. The molecule has 0 unspecified atom stereocenters. The molecule has 116 valence electrons. The number of anilines is 1. The normalized spacial score (nSPS) is 10.3. The van der Waals surface area contributed by atoms with E-state index in [-0.39, 0.29) is 11.8 Å². The maximum Gasteiger partial charge on any atom is 0.256 e. The van der Waals surface area contributed by atoms with Gasteiger partial charge in [0.1, 0.15) is 5.76 Å². The van der Waals surface area contributed by atoms with Crippen LogP contribution in [-0.2, 0) is 6.54 Å². The largest absolute Gasteiger partial charge is 0.467 e. The van der Waals surface area contributed by atoms with Crippen LogP contribution in [-0.4, -0.2) is 11.8 Å². The van der Waals surface area contributed by atoms with Gasteiger partial charge in [0.05, 0.1) is 29.6 Å². The van der Waals surface area contributed by atoms with Crippen molar-refractivity contribution in [3.8, 4) is 0 Å². The van der Waals surface area contributed by atoms with Crippen molar-refractivity contribution < 1.29 is 14.0 Å². The van der Waals surface area contributed by atoms with Crippen LogP contribution in [0, 0.1) is 0 Å². The van der Waals surface area contributed by atoms with Gasteiger partial charge in [-0.05, 0) is 35.7 Å². The Kier molecular flexibility index (Phi) is 4.54. The number of thiophene rings is 1. The maximum atomic E-state index is 12.3. The van der Waals surface area contributed by atoms with Crippen molar-refractivity contribution in [2.75, 3.05) is 5.32 Å². The Balaban J connectivity index is 1.72. The van der Waals surface area contributed by atoms with Crippen LogP contribution in [0.15, 0.2) is 63.9 Å². The molecule has 0 saturated heterocycles. The molecule has 0 aliphatic carbocycles. The lowest BCUT2D eigenvalue weighted by Crippen LogP contribution is -2.24. The molecule has 2 aromatic heterocycles. The van der Waals surface area contributed by atoms with Crippen LogP contribution in [0.3, 0.4) is 0 Å². The summed E-state index contributed by atoms with van der Waals surface area (Å²) in [4.78, 5) is 24.5. The van der Waals surface area contributed by atoms with Gasteiger partial charge in [-0.25, -0.2) is 0 Å². The van der Waals surface area contributed by atoms with E-state index in [9.17, 15) is 9.59 Å². The van der Waals surface area contributed by atoms with E-state index in [4.69, 9.17) is 4.42 Å². The molecule has 1 aromatic carbocycles. The summed E-state index contributed by atoms with van der Waals surface area (Å²) in [6.45, 7) is 0.290. The third-order valence-corrected chi connectivity index (χ3v) is 3.89. The zero-order valence-corrected chi connectivity index (χ0v) is 12.9. The van der Waals surface area contributed by atoms with Crippen molar-refractivity contribution >= 4 is 28.8 Å². The molecule has 2 heterocycles. The lowest BCUT2D eigenvalue weighted by Gasteiger charge is -2.10. The van der Waals surface area contributed by atoms with Gasteiger partial charge >= 0.3 is 0 Å². The maximum absolute atomic E-state index is 12.3. The number of carbonyl (C=O) groups excluding carboxylic acids is 2. The lowest BCUT2D eigenvalue weighted by atomic mass is 10.1. The van der Waals surface area contributed by atoms with Gasteiger partial charge in [-0.1, -0.05) is 12.1 Å². The zero-order valence-electron chi connectivity index (χ0n) is 12.1. The molecular weight excluding hydrogens is 312 g/mol. The van der Waals surface area contributed by atoms with E-state index in [0.717, 1.165) is 0 Å². The summed E-state index contributed by atoms with van der Waals surface area (Å²) >= 11 is 1.45. The molecule has 2 amide bonds. The number of para-hydroxylation sites is 1. The lowest BCUT2D eigenvalue weighted by molar-refractivity contribution is 0.0949. The van der Waals surface area contributed by atoms with Crippen molar-refractivity contribution in [2.45, 2.75) is 6.54 Å². The van der Waals surface area contributed by atoms with Crippen LogP contribution in [0.4, 0.5) is 5.69 Å². The highest BCUT2D eigenvalue weighted by Gasteiger charge is 2.14. The molecule has 0 bridgehead atoms. The van der Waals surface area contributed by atoms with E-state index in [1.807, 2.05) is 5.38 Å². The Morgan fingerprint density at radius 3 is 2.65 bits per heavy atom. The number of benzene rings is 1. The molecule has 3 rings (SSSR count). The first-order chi connectivity index (χ1) is 11.2. The molecule has 0 aliphatic rings. The molecule has 2 N–H and O–H groups in total. The molecule has 0 spiro atoms. The second-order valence-electron chi connectivity index (χ2n) is 4.77. The molecule has 5 nitrogen and oxygen atoms in total. The minimum absolute atomic E-state index is 0.238. The van der Waals surface area contributed by atoms with Crippen molar-refractivity contribution in [1.82, 2.24) is 5.32 Å². The van der Waals surface area contributed by atoms with Crippen LogP contribution in [0.5, 0.6) is 0 Å². The number of furan rings is 1. The van der Waals surface area contributed by atoms with E-state index in [1.54, 1.807) is 54.1 Å². The van der Waals surface area contributed by atoms with E-state index < -0.39 is 0 Å². The predicted octanol–water partition coefficient (Wildman–Crippen LogP) is 3.52. The van der Waals surface area contributed by atoms with Gasteiger partial charge in [0.25, 0.3) is 11.8 Å². The Hall–Kier alpha value is -2.86. The summed E-state index contributed by atoms with van der Waals surface area (Å²) in [6, 6.07) is 12.2. The highest BCUT2D eigenvalue weighted by molar-refractivity contribution is 7.08. The van der Waals surface area contributed by atoms with Crippen LogP contribution >= 0.6 is 11.3 Å². The monoisotopic (exact) mass is 326 g/mol. The zero-order chi connectivity index (χ0) is 16.1. The van der Waals surface area contributed by atoms with Crippen molar-refractivity contribution in [2.24, 2.45) is 0 Å². The second-order valence-corrected chi connectivity index (χ2v) is 5.55. The van der Waals surface area contributed by atoms with E-state index in [2.05, 4.69) is 10.6 Å². The molecule has 3 aromatic rings. The average molecular weight is 326 g/mol. The Morgan fingerprint density at radius 1 is 1.04 bits per heavy atom. The van der Waals surface area contributed by atoms with Gasteiger partial charge in [-0.15, -0.1) is 0 Å². The first-order valence-corrected chi connectivity index (χ1v) is 7.91. The van der Waals surface area contributed by atoms with Gasteiger partial charge in [0.2, 0.25) is 0 Å². The molecule has 6 heteroatoms.